The van der Waals surface area contributed by atoms with Gasteiger partial charge in [-0.3, -0.25) is 4.79 Å². The predicted octanol–water partition coefficient (Wildman–Crippen LogP) is 7.71. The molecule has 4 aromatic rings. The van der Waals surface area contributed by atoms with Gasteiger partial charge in [0.15, 0.2) is 0 Å². The molecule has 0 aromatic heterocycles. The van der Waals surface area contributed by atoms with Crippen molar-refractivity contribution >= 4 is 16.7 Å². The first-order valence-electron chi connectivity index (χ1n) is 11.3. The number of hydrogen-bond donors (Lipinski definition) is 0. The standard InChI is InChI=1S/C29H27FO3/c1-2-3-20-32-28(31)19-10-21-8-16-25(17-9-21)33-29-26-7-5-4-6-22(26)13-18-27(29)23-11-14-24(30)15-12-23/h4-9,11-18H,2-3,10,19-20H2,1H3. The first-order chi connectivity index (χ1) is 16.1. The number of halogens is 1. The Morgan fingerprint density at radius 2 is 1.64 bits per heavy atom. The van der Waals surface area contributed by atoms with E-state index in [4.69, 9.17) is 9.47 Å². The molecular weight excluding hydrogens is 415 g/mol. The molecular formula is C29H27FO3. The second kappa shape index (κ2) is 10.8. The molecule has 0 spiro atoms. The topological polar surface area (TPSA) is 35.5 Å². The van der Waals surface area contributed by atoms with Crippen LogP contribution in [0.1, 0.15) is 31.7 Å². The number of aryl methyl sites for hydroxylation is 1. The molecule has 4 rings (SSSR count). The second-order valence-electron chi connectivity index (χ2n) is 7.99. The van der Waals surface area contributed by atoms with Crippen LogP contribution in [-0.2, 0) is 16.0 Å². The fraction of sp³-hybridized carbons (Fsp3) is 0.207. The van der Waals surface area contributed by atoms with Crippen molar-refractivity contribution in [1.29, 1.82) is 0 Å². The minimum atomic E-state index is -0.271. The van der Waals surface area contributed by atoms with Crippen LogP contribution in [-0.4, -0.2) is 12.6 Å². The molecule has 0 saturated carbocycles. The lowest BCUT2D eigenvalue weighted by Crippen LogP contribution is -2.06. The third kappa shape index (κ3) is 5.78. The van der Waals surface area contributed by atoms with E-state index in [0.29, 0.717) is 25.2 Å². The number of carbonyl (C=O) groups is 1. The molecule has 4 heteroatoms. The molecule has 0 aliphatic rings. The van der Waals surface area contributed by atoms with Crippen molar-refractivity contribution in [3.63, 3.8) is 0 Å². The maximum absolute atomic E-state index is 13.5. The van der Waals surface area contributed by atoms with Gasteiger partial charge < -0.3 is 9.47 Å². The summed E-state index contributed by atoms with van der Waals surface area (Å²) in [6, 6.07) is 26.3. The third-order valence-electron chi connectivity index (χ3n) is 5.56. The summed E-state index contributed by atoms with van der Waals surface area (Å²) in [5, 5.41) is 2.05. The van der Waals surface area contributed by atoms with E-state index in [1.807, 2.05) is 60.7 Å². The van der Waals surface area contributed by atoms with Gasteiger partial charge in [-0.2, -0.15) is 0 Å². The fourth-order valence-corrected chi connectivity index (χ4v) is 3.70. The first kappa shape index (κ1) is 22.5. The summed E-state index contributed by atoms with van der Waals surface area (Å²) in [6.07, 6.45) is 2.89. The Hall–Kier alpha value is -3.66. The highest BCUT2D eigenvalue weighted by molar-refractivity contribution is 5.95. The summed E-state index contributed by atoms with van der Waals surface area (Å²) in [7, 11) is 0. The van der Waals surface area contributed by atoms with E-state index in [0.717, 1.165) is 46.1 Å². The number of hydrogen-bond acceptors (Lipinski definition) is 3. The SMILES string of the molecule is CCCCOC(=O)CCc1ccc(Oc2c(-c3ccc(F)cc3)ccc3ccccc23)cc1. The van der Waals surface area contributed by atoms with Gasteiger partial charge in [0.1, 0.15) is 17.3 Å². The van der Waals surface area contributed by atoms with Crippen LogP contribution in [0.25, 0.3) is 21.9 Å². The number of carbonyl (C=O) groups excluding carboxylic acids is 1. The Bertz CT molecular complexity index is 1210. The molecule has 168 valence electrons. The first-order valence-corrected chi connectivity index (χ1v) is 11.3. The number of rotatable bonds is 9. The van der Waals surface area contributed by atoms with Crippen LogP contribution in [0.15, 0.2) is 84.9 Å². The average molecular weight is 443 g/mol. The van der Waals surface area contributed by atoms with Crippen molar-refractivity contribution in [2.75, 3.05) is 6.61 Å². The van der Waals surface area contributed by atoms with Gasteiger partial charge >= 0.3 is 5.97 Å². The largest absolute Gasteiger partial charge is 0.466 e. The van der Waals surface area contributed by atoms with Crippen LogP contribution in [0.2, 0.25) is 0 Å². The molecule has 0 saturated heterocycles. The van der Waals surface area contributed by atoms with Crippen LogP contribution < -0.4 is 4.74 Å². The van der Waals surface area contributed by atoms with Crippen molar-refractivity contribution in [2.24, 2.45) is 0 Å². The average Bonchev–Trinajstić information content (AvgIpc) is 2.85. The Balaban J connectivity index is 1.54. The summed E-state index contributed by atoms with van der Waals surface area (Å²) >= 11 is 0. The fourth-order valence-electron chi connectivity index (χ4n) is 3.70. The van der Waals surface area contributed by atoms with Gasteiger partial charge in [0.2, 0.25) is 0 Å². The van der Waals surface area contributed by atoms with Crippen molar-refractivity contribution in [3.05, 3.63) is 96.3 Å². The van der Waals surface area contributed by atoms with Gasteiger partial charge in [-0.05, 0) is 59.7 Å². The lowest BCUT2D eigenvalue weighted by molar-refractivity contribution is -0.143. The minimum absolute atomic E-state index is 0.163. The maximum atomic E-state index is 13.5. The quantitative estimate of drug-likeness (QED) is 0.197. The zero-order valence-corrected chi connectivity index (χ0v) is 18.7. The molecule has 0 radical (unpaired) electrons. The van der Waals surface area contributed by atoms with E-state index >= 15 is 0 Å². The second-order valence-corrected chi connectivity index (χ2v) is 7.99. The number of unbranched alkanes of at least 4 members (excludes halogenated alkanes) is 1. The number of benzene rings is 4. The van der Waals surface area contributed by atoms with Crippen molar-refractivity contribution in [3.8, 4) is 22.6 Å². The van der Waals surface area contributed by atoms with Gasteiger partial charge in [0.25, 0.3) is 0 Å². The van der Waals surface area contributed by atoms with E-state index in [1.54, 1.807) is 12.1 Å². The molecule has 0 aliphatic carbocycles. The summed E-state index contributed by atoms with van der Waals surface area (Å²) in [5.74, 6) is 0.992. The molecule has 0 aliphatic heterocycles. The zero-order valence-electron chi connectivity index (χ0n) is 18.7. The normalized spacial score (nSPS) is 10.8. The number of esters is 1. The molecule has 0 unspecified atom stereocenters. The van der Waals surface area contributed by atoms with Crippen molar-refractivity contribution in [2.45, 2.75) is 32.6 Å². The Labute approximate surface area is 193 Å². The van der Waals surface area contributed by atoms with E-state index in [9.17, 15) is 9.18 Å². The predicted molar refractivity (Wildman–Crippen MR) is 130 cm³/mol. The van der Waals surface area contributed by atoms with Crippen LogP contribution >= 0.6 is 0 Å². The summed E-state index contributed by atoms with van der Waals surface area (Å²) in [6.45, 7) is 2.56. The highest BCUT2D eigenvalue weighted by atomic mass is 19.1. The van der Waals surface area contributed by atoms with E-state index in [-0.39, 0.29) is 11.8 Å². The number of fused-ring (bicyclic) bond motifs is 1. The van der Waals surface area contributed by atoms with Crippen LogP contribution in [0.3, 0.4) is 0 Å². The van der Waals surface area contributed by atoms with Gasteiger partial charge in [-0.1, -0.05) is 67.9 Å². The summed E-state index contributed by atoms with van der Waals surface area (Å²) in [5.41, 5.74) is 2.83. The number of ether oxygens (including phenoxy) is 2. The van der Waals surface area contributed by atoms with E-state index in [1.165, 1.54) is 12.1 Å². The summed E-state index contributed by atoms with van der Waals surface area (Å²) < 4.78 is 25.1. The third-order valence-corrected chi connectivity index (χ3v) is 5.56. The maximum Gasteiger partial charge on any atom is 0.306 e. The molecule has 0 atom stereocenters. The highest BCUT2D eigenvalue weighted by Gasteiger charge is 2.13. The van der Waals surface area contributed by atoms with Crippen molar-refractivity contribution in [1.82, 2.24) is 0 Å². The van der Waals surface area contributed by atoms with Gasteiger partial charge in [0.05, 0.1) is 6.61 Å². The smallest absolute Gasteiger partial charge is 0.306 e. The molecule has 33 heavy (non-hydrogen) atoms. The Kier molecular flexibility index (Phi) is 7.36. The van der Waals surface area contributed by atoms with Crippen LogP contribution in [0, 0.1) is 5.82 Å². The molecule has 4 aromatic carbocycles. The Morgan fingerprint density at radius 3 is 2.39 bits per heavy atom. The molecule has 0 N–H and O–H groups in total. The van der Waals surface area contributed by atoms with Crippen molar-refractivity contribution < 1.29 is 18.7 Å². The highest BCUT2D eigenvalue weighted by Crippen LogP contribution is 2.39. The molecule has 0 bridgehead atoms. The van der Waals surface area contributed by atoms with Crippen LogP contribution in [0.4, 0.5) is 4.39 Å². The van der Waals surface area contributed by atoms with Gasteiger partial charge in [-0.15, -0.1) is 0 Å². The summed E-state index contributed by atoms with van der Waals surface area (Å²) in [4.78, 5) is 11.8. The lowest BCUT2D eigenvalue weighted by atomic mass is 9.99. The molecule has 3 nitrogen and oxygen atoms in total. The van der Waals surface area contributed by atoms with E-state index in [2.05, 4.69) is 6.92 Å². The molecule has 0 heterocycles. The Morgan fingerprint density at radius 1 is 0.879 bits per heavy atom. The molecule has 0 fully saturated rings. The lowest BCUT2D eigenvalue weighted by Gasteiger charge is -2.15. The van der Waals surface area contributed by atoms with Gasteiger partial charge in [0, 0.05) is 17.4 Å². The minimum Gasteiger partial charge on any atom is -0.466 e. The zero-order chi connectivity index (χ0) is 23.0. The van der Waals surface area contributed by atoms with Gasteiger partial charge in [-0.25, -0.2) is 4.39 Å². The molecule has 0 amide bonds. The monoisotopic (exact) mass is 442 g/mol. The van der Waals surface area contributed by atoms with E-state index < -0.39 is 0 Å². The van der Waals surface area contributed by atoms with Crippen LogP contribution in [0.5, 0.6) is 11.5 Å².